The lowest BCUT2D eigenvalue weighted by Gasteiger charge is -2.29. The average Bonchev–Trinajstić information content (AvgIpc) is 2.90. The summed E-state index contributed by atoms with van der Waals surface area (Å²) in [6, 6.07) is 15.0. The molecule has 230 valence electrons. The van der Waals surface area contributed by atoms with Gasteiger partial charge in [0.25, 0.3) is 0 Å². The number of para-hydroxylation sites is 1. The van der Waals surface area contributed by atoms with Gasteiger partial charge in [-0.2, -0.15) is 18.2 Å². The predicted octanol–water partition coefficient (Wildman–Crippen LogP) is 5.98. The number of anilines is 2. The number of fused-ring (bicyclic) bond motifs is 1. The molecule has 1 aliphatic carbocycles. The van der Waals surface area contributed by atoms with E-state index in [9.17, 15) is 21.6 Å². The number of benzene rings is 2. The Morgan fingerprint density at radius 1 is 0.929 bits per heavy atom. The Hall–Kier alpha value is -3.45. The van der Waals surface area contributed by atoms with Crippen LogP contribution in [0.3, 0.4) is 0 Å². The number of aromatic nitrogens is 2. The normalized spacial score (nSPS) is 17.7. The van der Waals surface area contributed by atoms with E-state index in [0.29, 0.717) is 29.2 Å². The van der Waals surface area contributed by atoms with Crippen molar-refractivity contribution in [3.05, 3.63) is 54.1 Å². The number of alkyl halides is 3. The third kappa shape index (κ3) is 10.1. The van der Waals surface area contributed by atoms with Gasteiger partial charge < -0.3 is 15.7 Å². The number of carboxylic acids is 1. The molecule has 1 fully saturated rings. The lowest BCUT2D eigenvalue weighted by molar-refractivity contribution is -0.192. The highest BCUT2D eigenvalue weighted by atomic mass is 32.2. The van der Waals surface area contributed by atoms with Gasteiger partial charge in [-0.05, 0) is 89.5 Å². The topological polar surface area (TPSA) is 133 Å². The van der Waals surface area contributed by atoms with Crippen LogP contribution in [0.4, 0.5) is 24.9 Å². The first-order valence-electron chi connectivity index (χ1n) is 13.7. The van der Waals surface area contributed by atoms with E-state index in [2.05, 4.69) is 36.1 Å². The first-order chi connectivity index (χ1) is 19.5. The summed E-state index contributed by atoms with van der Waals surface area (Å²) in [4.78, 5) is 18.7. The summed E-state index contributed by atoms with van der Waals surface area (Å²) in [7, 11) is -3.46. The Morgan fingerprint density at radius 2 is 1.48 bits per heavy atom. The fourth-order valence-corrected chi connectivity index (χ4v) is 5.63. The van der Waals surface area contributed by atoms with E-state index in [1.807, 2.05) is 43.3 Å². The second-order valence-electron chi connectivity index (χ2n) is 11.5. The van der Waals surface area contributed by atoms with Crippen LogP contribution in [0, 0.1) is 18.8 Å². The molecule has 0 saturated heterocycles. The maximum Gasteiger partial charge on any atom is 0.490 e. The summed E-state index contributed by atoms with van der Waals surface area (Å²) >= 11 is 0. The second-order valence-corrected chi connectivity index (χ2v) is 13.3. The zero-order valence-electron chi connectivity index (χ0n) is 24.1. The number of hydrogen-bond acceptors (Lipinski definition) is 7. The average molecular weight is 610 g/mol. The summed E-state index contributed by atoms with van der Waals surface area (Å²) in [5.74, 6) is -0.383. The number of carbonyl (C=O) groups is 1. The van der Waals surface area contributed by atoms with E-state index < -0.39 is 22.2 Å². The fourth-order valence-electron chi connectivity index (χ4n) is 4.51. The third-order valence-corrected chi connectivity index (χ3v) is 8.19. The van der Waals surface area contributed by atoms with E-state index in [4.69, 9.17) is 19.9 Å². The number of halogens is 3. The molecule has 1 heterocycles. The SMILES string of the molecule is Cc1ccc(S(=O)(=O)NCC2CCC(CNc3nc(NC(C)(C)C)c4ccccc4n3)CC2)cc1.O=C(O)C(F)(F)F. The molecule has 4 N–H and O–H groups in total. The molecular weight excluding hydrogens is 571 g/mol. The molecular formula is C29H38F3N5O4S. The minimum absolute atomic E-state index is 0.103. The molecule has 1 aromatic heterocycles. The lowest BCUT2D eigenvalue weighted by atomic mass is 9.82. The molecule has 42 heavy (non-hydrogen) atoms. The number of rotatable bonds is 8. The van der Waals surface area contributed by atoms with E-state index in [1.54, 1.807) is 12.1 Å². The van der Waals surface area contributed by atoms with Crippen molar-refractivity contribution in [3.63, 3.8) is 0 Å². The minimum atomic E-state index is -5.08. The van der Waals surface area contributed by atoms with Crippen LogP contribution in [0.25, 0.3) is 10.9 Å². The predicted molar refractivity (Wildman–Crippen MR) is 157 cm³/mol. The molecule has 4 rings (SSSR count). The maximum absolute atomic E-state index is 12.6. The monoisotopic (exact) mass is 609 g/mol. The van der Waals surface area contributed by atoms with Crippen molar-refractivity contribution in [1.29, 1.82) is 0 Å². The van der Waals surface area contributed by atoms with Crippen LogP contribution in [-0.4, -0.2) is 54.3 Å². The van der Waals surface area contributed by atoms with E-state index in [1.165, 1.54) is 0 Å². The highest BCUT2D eigenvalue weighted by molar-refractivity contribution is 7.89. The number of hydrogen-bond donors (Lipinski definition) is 4. The molecule has 1 saturated carbocycles. The number of aryl methyl sites for hydroxylation is 1. The molecule has 0 atom stereocenters. The van der Waals surface area contributed by atoms with Crippen LogP contribution in [0.2, 0.25) is 0 Å². The van der Waals surface area contributed by atoms with Crippen LogP contribution in [0.15, 0.2) is 53.4 Å². The minimum Gasteiger partial charge on any atom is -0.475 e. The Morgan fingerprint density at radius 3 is 2.02 bits per heavy atom. The van der Waals surface area contributed by atoms with Crippen LogP contribution >= 0.6 is 0 Å². The molecule has 0 bridgehead atoms. The smallest absolute Gasteiger partial charge is 0.475 e. The van der Waals surface area contributed by atoms with Gasteiger partial charge in [0.05, 0.1) is 10.4 Å². The quantitative estimate of drug-likeness (QED) is 0.245. The summed E-state index contributed by atoms with van der Waals surface area (Å²) in [5, 5.41) is 15.1. The number of nitrogens with zero attached hydrogens (tertiary/aromatic N) is 2. The Kier molecular flexibility index (Phi) is 10.8. The van der Waals surface area contributed by atoms with Gasteiger partial charge in [0.1, 0.15) is 5.82 Å². The van der Waals surface area contributed by atoms with Gasteiger partial charge in [-0.15, -0.1) is 0 Å². The molecule has 13 heteroatoms. The van der Waals surface area contributed by atoms with E-state index in [-0.39, 0.29) is 5.54 Å². The van der Waals surface area contributed by atoms with E-state index >= 15 is 0 Å². The van der Waals surface area contributed by atoms with Crippen molar-refractivity contribution >= 4 is 38.7 Å². The molecule has 1 aliphatic rings. The molecule has 0 aliphatic heterocycles. The van der Waals surface area contributed by atoms with Crippen molar-refractivity contribution in [2.75, 3.05) is 23.7 Å². The molecule has 3 aromatic rings. The van der Waals surface area contributed by atoms with Crippen molar-refractivity contribution in [3.8, 4) is 0 Å². The van der Waals surface area contributed by atoms with Crippen molar-refractivity contribution in [2.45, 2.75) is 70.0 Å². The number of aliphatic carboxylic acids is 1. The molecule has 0 radical (unpaired) electrons. The summed E-state index contributed by atoms with van der Waals surface area (Å²) in [5.41, 5.74) is 1.86. The van der Waals surface area contributed by atoms with Gasteiger partial charge in [-0.3, -0.25) is 0 Å². The molecule has 0 amide bonds. The number of nitrogens with one attached hydrogen (secondary N) is 3. The van der Waals surface area contributed by atoms with Crippen molar-refractivity contribution in [2.24, 2.45) is 11.8 Å². The van der Waals surface area contributed by atoms with Gasteiger partial charge >= 0.3 is 12.1 Å². The zero-order chi connectivity index (χ0) is 31.1. The van der Waals surface area contributed by atoms with Crippen LogP contribution in [0.5, 0.6) is 0 Å². The van der Waals surface area contributed by atoms with Crippen LogP contribution in [-0.2, 0) is 14.8 Å². The van der Waals surface area contributed by atoms with Crippen molar-refractivity contribution < 1.29 is 31.5 Å². The number of carboxylic acid groups (broad SMARTS) is 1. The van der Waals surface area contributed by atoms with Crippen LogP contribution < -0.4 is 15.4 Å². The molecule has 9 nitrogen and oxygen atoms in total. The Balaban J connectivity index is 0.000000616. The maximum atomic E-state index is 12.6. The van der Waals surface area contributed by atoms with Gasteiger partial charge in [-0.1, -0.05) is 29.8 Å². The summed E-state index contributed by atoms with van der Waals surface area (Å²) < 4.78 is 59.7. The van der Waals surface area contributed by atoms with Crippen molar-refractivity contribution in [1.82, 2.24) is 14.7 Å². The third-order valence-electron chi connectivity index (χ3n) is 6.75. The first-order valence-corrected chi connectivity index (χ1v) is 15.2. The Bertz CT molecular complexity index is 1450. The number of sulfonamides is 1. The highest BCUT2D eigenvalue weighted by Crippen LogP contribution is 2.30. The summed E-state index contributed by atoms with van der Waals surface area (Å²) in [6.45, 7) is 9.62. The first kappa shape index (κ1) is 33.1. The second kappa shape index (κ2) is 13.7. The standard InChI is InChI=1S/C27H37N5O2S.C2HF3O2/c1-19-9-15-22(16-10-19)35(33,34)29-18-21-13-11-20(12-14-21)17-28-26-30-24-8-6-5-7-23(24)25(31-26)32-27(2,3)4;3-2(4,5)1(6)7/h5-10,15-16,20-21,29H,11-14,17-18H2,1-4H3,(H2,28,30,31,32);(H,6,7). The van der Waals surface area contributed by atoms with E-state index in [0.717, 1.165) is 54.5 Å². The summed E-state index contributed by atoms with van der Waals surface area (Å²) in [6.07, 6.45) is -0.939. The highest BCUT2D eigenvalue weighted by Gasteiger charge is 2.38. The Labute approximate surface area is 244 Å². The van der Waals surface area contributed by atoms with Gasteiger partial charge in [-0.25, -0.2) is 22.9 Å². The largest absolute Gasteiger partial charge is 0.490 e. The lowest BCUT2D eigenvalue weighted by Crippen LogP contribution is -2.32. The molecule has 2 aromatic carbocycles. The van der Waals surface area contributed by atoms with Crippen LogP contribution in [0.1, 0.15) is 52.0 Å². The fraction of sp³-hybridized carbons (Fsp3) is 0.483. The molecule has 0 spiro atoms. The van der Waals surface area contributed by atoms with Gasteiger partial charge in [0.2, 0.25) is 16.0 Å². The molecule has 0 unspecified atom stereocenters. The van der Waals surface area contributed by atoms with Gasteiger partial charge in [0, 0.05) is 24.0 Å². The zero-order valence-corrected chi connectivity index (χ0v) is 24.9. The van der Waals surface area contributed by atoms with Gasteiger partial charge in [0.15, 0.2) is 0 Å².